The van der Waals surface area contributed by atoms with Crippen LogP contribution in [0.4, 0.5) is 5.69 Å². The molecule has 0 saturated carbocycles. The number of anilines is 1. The zero-order valence-electron chi connectivity index (χ0n) is 8.46. The summed E-state index contributed by atoms with van der Waals surface area (Å²) in [5.74, 6) is -0.165. The predicted molar refractivity (Wildman–Crippen MR) is 61.1 cm³/mol. The molecule has 2 rings (SSSR count). The first-order chi connectivity index (χ1) is 7.75. The van der Waals surface area contributed by atoms with Crippen molar-refractivity contribution < 1.29 is 4.79 Å². The molecule has 1 amide bonds. The van der Waals surface area contributed by atoms with Crippen LogP contribution in [-0.2, 0) is 6.54 Å². The molecule has 0 aliphatic heterocycles. The number of hydrogen-bond acceptors (Lipinski definition) is 5. The molecule has 2 aromatic rings. The summed E-state index contributed by atoms with van der Waals surface area (Å²) >= 11 is 1.40. The van der Waals surface area contributed by atoms with Crippen molar-refractivity contribution in [3.63, 3.8) is 0 Å². The van der Waals surface area contributed by atoms with Gasteiger partial charge in [0.2, 0.25) is 0 Å². The lowest BCUT2D eigenvalue weighted by molar-refractivity contribution is 0.0947. The first kappa shape index (κ1) is 10.6. The van der Waals surface area contributed by atoms with E-state index < -0.39 is 0 Å². The maximum absolute atomic E-state index is 11.5. The maximum atomic E-state index is 11.5. The Morgan fingerprint density at radius 2 is 2.50 bits per heavy atom. The number of carbonyl (C=O) groups is 1. The Hall–Kier alpha value is -1.89. The van der Waals surface area contributed by atoms with Gasteiger partial charge in [-0.15, -0.1) is 11.3 Å². The second-order valence-corrected chi connectivity index (χ2v) is 3.89. The van der Waals surface area contributed by atoms with Gasteiger partial charge in [-0.3, -0.25) is 9.48 Å². The fourth-order valence-electron chi connectivity index (χ4n) is 1.20. The van der Waals surface area contributed by atoms with Crippen molar-refractivity contribution in [2.75, 3.05) is 12.3 Å². The van der Waals surface area contributed by atoms with Crippen LogP contribution in [0.5, 0.6) is 0 Å². The van der Waals surface area contributed by atoms with E-state index in [1.165, 1.54) is 11.3 Å². The fraction of sp³-hybridized carbons (Fsp3) is 0.222. The molecule has 0 bridgehead atoms. The third-order valence-corrected chi connectivity index (χ3v) is 2.53. The molecule has 0 aromatic carbocycles. The van der Waals surface area contributed by atoms with Gasteiger partial charge < -0.3 is 11.1 Å². The van der Waals surface area contributed by atoms with Crippen LogP contribution < -0.4 is 11.1 Å². The van der Waals surface area contributed by atoms with Crippen LogP contribution in [-0.4, -0.2) is 27.2 Å². The van der Waals surface area contributed by atoms with Crippen LogP contribution in [0.25, 0.3) is 0 Å². The number of thiazole rings is 1. The molecule has 0 fully saturated rings. The number of carbonyl (C=O) groups excluding carboxylic acids is 1. The molecule has 84 valence electrons. The van der Waals surface area contributed by atoms with Crippen molar-refractivity contribution in [1.82, 2.24) is 20.1 Å². The molecule has 0 spiro atoms. The average Bonchev–Trinajstić information content (AvgIpc) is 2.89. The van der Waals surface area contributed by atoms with E-state index in [0.717, 1.165) is 0 Å². The summed E-state index contributed by atoms with van der Waals surface area (Å²) in [7, 11) is 0. The van der Waals surface area contributed by atoms with Crippen molar-refractivity contribution in [2.24, 2.45) is 0 Å². The summed E-state index contributed by atoms with van der Waals surface area (Å²) < 4.78 is 1.68. The first-order valence-corrected chi connectivity index (χ1v) is 5.64. The summed E-state index contributed by atoms with van der Waals surface area (Å²) in [4.78, 5) is 15.4. The number of nitrogens with zero attached hydrogens (tertiary/aromatic N) is 3. The number of nitrogen functional groups attached to an aromatic ring is 1. The van der Waals surface area contributed by atoms with E-state index in [9.17, 15) is 4.79 Å². The van der Waals surface area contributed by atoms with Crippen LogP contribution in [0.1, 0.15) is 10.5 Å². The Morgan fingerprint density at radius 1 is 1.62 bits per heavy atom. The lowest BCUT2D eigenvalue weighted by Crippen LogP contribution is -2.27. The molecule has 0 atom stereocenters. The largest absolute Gasteiger partial charge is 0.396 e. The van der Waals surface area contributed by atoms with Gasteiger partial charge in [-0.2, -0.15) is 5.10 Å². The van der Waals surface area contributed by atoms with Crippen LogP contribution in [0, 0.1) is 0 Å². The van der Waals surface area contributed by atoms with Gasteiger partial charge in [-0.05, 0) is 0 Å². The molecular formula is C9H11N5OS. The van der Waals surface area contributed by atoms with E-state index in [-0.39, 0.29) is 5.91 Å². The molecule has 0 aliphatic carbocycles. The van der Waals surface area contributed by atoms with Crippen LogP contribution >= 0.6 is 11.3 Å². The number of rotatable bonds is 4. The van der Waals surface area contributed by atoms with Gasteiger partial charge in [0, 0.05) is 18.1 Å². The Kier molecular flexibility index (Phi) is 3.16. The van der Waals surface area contributed by atoms with Gasteiger partial charge in [-0.25, -0.2) is 4.98 Å². The minimum atomic E-state index is -0.165. The highest BCUT2D eigenvalue weighted by Gasteiger charge is 2.06. The molecule has 0 radical (unpaired) electrons. The van der Waals surface area contributed by atoms with Crippen molar-refractivity contribution in [3.8, 4) is 0 Å². The van der Waals surface area contributed by atoms with Crippen molar-refractivity contribution in [1.29, 1.82) is 0 Å². The summed E-state index contributed by atoms with van der Waals surface area (Å²) in [6.45, 7) is 1.09. The first-order valence-electron chi connectivity index (χ1n) is 4.70. The second kappa shape index (κ2) is 4.75. The molecule has 6 nitrogen and oxygen atoms in total. The van der Waals surface area contributed by atoms with E-state index in [1.807, 2.05) is 0 Å². The number of amides is 1. The SMILES string of the molecule is Nc1cnn(CCNC(=O)c2cscn2)c1. The van der Waals surface area contributed by atoms with Gasteiger partial charge in [0.15, 0.2) is 0 Å². The molecule has 2 aromatic heterocycles. The molecule has 16 heavy (non-hydrogen) atoms. The second-order valence-electron chi connectivity index (χ2n) is 3.17. The monoisotopic (exact) mass is 237 g/mol. The van der Waals surface area contributed by atoms with E-state index in [1.54, 1.807) is 28.0 Å². The quantitative estimate of drug-likeness (QED) is 0.803. The third-order valence-electron chi connectivity index (χ3n) is 1.94. The van der Waals surface area contributed by atoms with Crippen LogP contribution in [0.3, 0.4) is 0 Å². The average molecular weight is 237 g/mol. The predicted octanol–water partition coefficient (Wildman–Crippen LogP) is 0.352. The van der Waals surface area contributed by atoms with Crippen LogP contribution in [0.2, 0.25) is 0 Å². The third kappa shape index (κ3) is 2.57. The molecule has 0 aliphatic rings. The fourth-order valence-corrected chi connectivity index (χ4v) is 1.73. The lowest BCUT2D eigenvalue weighted by atomic mass is 10.4. The Labute approximate surface area is 96.1 Å². The Morgan fingerprint density at radius 3 is 3.12 bits per heavy atom. The van der Waals surface area contributed by atoms with Gasteiger partial charge in [0.25, 0.3) is 5.91 Å². The number of nitrogens with two attached hydrogens (primary N) is 1. The van der Waals surface area contributed by atoms with Crippen LogP contribution in [0.15, 0.2) is 23.3 Å². The Balaban J connectivity index is 1.78. The zero-order valence-corrected chi connectivity index (χ0v) is 9.28. The Bertz CT molecular complexity index is 464. The van der Waals surface area contributed by atoms with Gasteiger partial charge >= 0.3 is 0 Å². The van der Waals surface area contributed by atoms with Crippen molar-refractivity contribution in [2.45, 2.75) is 6.54 Å². The van der Waals surface area contributed by atoms with E-state index >= 15 is 0 Å². The molecule has 0 unspecified atom stereocenters. The molecular weight excluding hydrogens is 226 g/mol. The van der Waals surface area contributed by atoms with Crippen molar-refractivity contribution in [3.05, 3.63) is 29.0 Å². The minimum Gasteiger partial charge on any atom is -0.396 e. The standard InChI is InChI=1S/C9H11N5OS/c10-7-3-13-14(4-7)2-1-11-9(15)8-5-16-6-12-8/h3-6H,1-2,10H2,(H,11,15). The highest BCUT2D eigenvalue weighted by Crippen LogP contribution is 2.00. The van der Waals surface area contributed by atoms with Crippen molar-refractivity contribution >= 4 is 22.9 Å². The summed E-state index contributed by atoms with van der Waals surface area (Å²) in [5.41, 5.74) is 8.20. The zero-order chi connectivity index (χ0) is 11.4. The number of hydrogen-bond donors (Lipinski definition) is 2. The molecule has 0 saturated heterocycles. The molecule has 2 heterocycles. The van der Waals surface area contributed by atoms with Gasteiger partial charge in [-0.1, -0.05) is 0 Å². The summed E-state index contributed by atoms with van der Waals surface area (Å²) in [6.07, 6.45) is 3.29. The number of aromatic nitrogens is 3. The lowest BCUT2D eigenvalue weighted by Gasteiger charge is -2.03. The van der Waals surface area contributed by atoms with E-state index in [2.05, 4.69) is 15.4 Å². The highest BCUT2D eigenvalue weighted by molar-refractivity contribution is 7.07. The smallest absolute Gasteiger partial charge is 0.270 e. The molecule has 7 heteroatoms. The summed E-state index contributed by atoms with van der Waals surface area (Å²) in [6, 6.07) is 0. The van der Waals surface area contributed by atoms with E-state index in [0.29, 0.717) is 24.5 Å². The maximum Gasteiger partial charge on any atom is 0.270 e. The topological polar surface area (TPSA) is 85.8 Å². The van der Waals surface area contributed by atoms with E-state index in [4.69, 9.17) is 5.73 Å². The number of nitrogens with one attached hydrogen (secondary N) is 1. The van der Waals surface area contributed by atoms with Gasteiger partial charge in [0.05, 0.1) is 23.9 Å². The highest BCUT2D eigenvalue weighted by atomic mass is 32.1. The minimum absolute atomic E-state index is 0.165. The van der Waals surface area contributed by atoms with Gasteiger partial charge in [0.1, 0.15) is 5.69 Å². The normalized spacial score (nSPS) is 10.2. The summed E-state index contributed by atoms with van der Waals surface area (Å²) in [5, 5.41) is 8.46. The molecule has 3 N–H and O–H groups in total.